The van der Waals surface area contributed by atoms with Gasteiger partial charge in [0.15, 0.2) is 0 Å². The Balaban J connectivity index is 2.09. The van der Waals surface area contributed by atoms with Crippen molar-refractivity contribution >= 4 is 28.8 Å². The first kappa shape index (κ1) is 13.3. The molecule has 1 aromatic rings. The first-order valence-electron chi connectivity index (χ1n) is 6.94. The summed E-state index contributed by atoms with van der Waals surface area (Å²) in [6.45, 7) is 5.70. The van der Waals surface area contributed by atoms with Crippen LogP contribution in [0.2, 0.25) is 0 Å². The van der Waals surface area contributed by atoms with Crippen LogP contribution in [0.15, 0.2) is 53.2 Å². The number of thiocarbonyl (C=S) groups is 1. The number of hydrogen-bond acceptors (Lipinski definition) is 3. The van der Waals surface area contributed by atoms with Crippen molar-refractivity contribution in [2.75, 3.05) is 11.4 Å². The summed E-state index contributed by atoms with van der Waals surface area (Å²) in [6, 6.07) is 8.15. The summed E-state index contributed by atoms with van der Waals surface area (Å²) >= 11 is 4.77. The first-order valence-corrected chi connectivity index (χ1v) is 7.35. The largest absolute Gasteiger partial charge is 0.342 e. The lowest BCUT2D eigenvalue weighted by Gasteiger charge is -2.25. The van der Waals surface area contributed by atoms with E-state index in [2.05, 4.69) is 59.3 Å². The lowest BCUT2D eigenvalue weighted by Crippen LogP contribution is -2.23. The first-order chi connectivity index (χ1) is 9.63. The standard InChI is InChI=1S/C17H18N2S/c1-17(2)11-19(15-9-5-3-7-13(15)17)16-10-6-4-8-14(16)18-12-20/h3-6,8-10,13H,7,11H2,1-2H3. The number of nitrogens with zero attached hydrogens (tertiary/aromatic N) is 2. The van der Waals surface area contributed by atoms with E-state index in [-0.39, 0.29) is 5.41 Å². The minimum Gasteiger partial charge on any atom is -0.342 e. The Kier molecular flexibility index (Phi) is 3.33. The molecule has 0 radical (unpaired) electrons. The highest BCUT2D eigenvalue weighted by Gasteiger charge is 2.43. The summed E-state index contributed by atoms with van der Waals surface area (Å²) in [5.74, 6) is 0.581. The average molecular weight is 282 g/mol. The normalized spacial score (nSPS) is 23.0. The van der Waals surface area contributed by atoms with Gasteiger partial charge < -0.3 is 4.90 Å². The highest BCUT2D eigenvalue weighted by Crippen LogP contribution is 2.49. The number of anilines is 1. The van der Waals surface area contributed by atoms with E-state index >= 15 is 0 Å². The van der Waals surface area contributed by atoms with Gasteiger partial charge in [0, 0.05) is 18.2 Å². The number of fused-ring (bicyclic) bond motifs is 1. The van der Waals surface area contributed by atoms with Crippen molar-refractivity contribution in [3.63, 3.8) is 0 Å². The Morgan fingerprint density at radius 1 is 1.35 bits per heavy atom. The molecule has 3 rings (SSSR count). The van der Waals surface area contributed by atoms with Gasteiger partial charge in [-0.3, -0.25) is 0 Å². The van der Waals surface area contributed by atoms with Crippen LogP contribution in [0.1, 0.15) is 20.3 Å². The monoisotopic (exact) mass is 282 g/mol. The molecule has 1 aliphatic heterocycles. The highest BCUT2D eigenvalue weighted by molar-refractivity contribution is 7.78. The van der Waals surface area contributed by atoms with Crippen molar-refractivity contribution in [3.8, 4) is 0 Å². The summed E-state index contributed by atoms with van der Waals surface area (Å²) in [5, 5.41) is 2.49. The predicted octanol–water partition coefficient (Wildman–Crippen LogP) is 4.73. The van der Waals surface area contributed by atoms with Crippen LogP contribution in [0.5, 0.6) is 0 Å². The van der Waals surface area contributed by atoms with Crippen molar-refractivity contribution in [1.82, 2.24) is 0 Å². The van der Waals surface area contributed by atoms with Crippen molar-refractivity contribution in [3.05, 3.63) is 48.2 Å². The third-order valence-corrected chi connectivity index (χ3v) is 4.38. The minimum absolute atomic E-state index is 0.269. The number of para-hydroxylation sites is 2. The molecule has 1 unspecified atom stereocenters. The molecule has 0 bridgehead atoms. The van der Waals surface area contributed by atoms with E-state index in [1.807, 2.05) is 12.1 Å². The number of allylic oxidation sites excluding steroid dienone is 4. The average Bonchev–Trinajstić information content (AvgIpc) is 2.72. The second-order valence-corrected chi connectivity index (χ2v) is 6.26. The Hall–Kier alpha value is -1.70. The number of benzene rings is 1. The predicted molar refractivity (Wildman–Crippen MR) is 87.6 cm³/mol. The smallest absolute Gasteiger partial charge is 0.0976 e. The molecule has 20 heavy (non-hydrogen) atoms. The molecule has 102 valence electrons. The Bertz CT molecular complexity index is 636. The molecule has 2 aliphatic rings. The van der Waals surface area contributed by atoms with Gasteiger partial charge in [0.2, 0.25) is 0 Å². The lowest BCUT2D eigenvalue weighted by molar-refractivity contribution is 0.306. The highest BCUT2D eigenvalue weighted by atomic mass is 32.1. The van der Waals surface area contributed by atoms with Crippen LogP contribution >= 0.6 is 12.2 Å². The van der Waals surface area contributed by atoms with Gasteiger partial charge in [-0.25, -0.2) is 0 Å². The molecule has 1 fully saturated rings. The molecule has 1 aliphatic carbocycles. The van der Waals surface area contributed by atoms with E-state index in [4.69, 9.17) is 12.2 Å². The second kappa shape index (κ2) is 5.01. The molecular formula is C17H18N2S. The Morgan fingerprint density at radius 3 is 2.95 bits per heavy atom. The Labute approximate surface area is 125 Å². The minimum atomic E-state index is 0.269. The van der Waals surface area contributed by atoms with Crippen LogP contribution in [-0.4, -0.2) is 11.7 Å². The SMILES string of the molecule is CC1(C)CN(c2ccccc2N=C=S)C2=CC=CCC21. The molecule has 1 saturated heterocycles. The zero-order valence-corrected chi connectivity index (χ0v) is 12.7. The summed E-state index contributed by atoms with van der Waals surface area (Å²) in [4.78, 5) is 6.60. The maximum absolute atomic E-state index is 4.77. The van der Waals surface area contributed by atoms with Crippen molar-refractivity contribution in [2.45, 2.75) is 20.3 Å². The topological polar surface area (TPSA) is 15.6 Å². The molecule has 0 saturated carbocycles. The van der Waals surface area contributed by atoms with Crippen LogP contribution in [0.25, 0.3) is 0 Å². The van der Waals surface area contributed by atoms with E-state index < -0.39 is 0 Å². The molecule has 0 amide bonds. The van der Waals surface area contributed by atoms with Gasteiger partial charge in [-0.05, 0) is 42.3 Å². The number of hydrogen-bond donors (Lipinski definition) is 0. The van der Waals surface area contributed by atoms with Gasteiger partial charge >= 0.3 is 0 Å². The molecular weight excluding hydrogens is 264 g/mol. The van der Waals surface area contributed by atoms with Crippen LogP contribution in [-0.2, 0) is 0 Å². The van der Waals surface area contributed by atoms with Crippen molar-refractivity contribution in [2.24, 2.45) is 16.3 Å². The van der Waals surface area contributed by atoms with Crippen LogP contribution in [0.3, 0.4) is 0 Å². The maximum atomic E-state index is 4.77. The lowest BCUT2D eigenvalue weighted by atomic mass is 9.77. The fraction of sp³-hybridized carbons (Fsp3) is 0.353. The molecule has 0 N–H and O–H groups in total. The van der Waals surface area contributed by atoms with Crippen LogP contribution < -0.4 is 4.90 Å². The van der Waals surface area contributed by atoms with Crippen molar-refractivity contribution < 1.29 is 0 Å². The summed E-state index contributed by atoms with van der Waals surface area (Å²) in [7, 11) is 0. The van der Waals surface area contributed by atoms with Crippen molar-refractivity contribution in [1.29, 1.82) is 0 Å². The maximum Gasteiger partial charge on any atom is 0.0976 e. The molecule has 1 atom stereocenters. The number of isothiocyanates is 1. The fourth-order valence-electron chi connectivity index (χ4n) is 3.29. The van der Waals surface area contributed by atoms with Crippen LogP contribution in [0, 0.1) is 11.3 Å². The summed E-state index contributed by atoms with van der Waals surface area (Å²) in [6.07, 6.45) is 7.78. The van der Waals surface area contributed by atoms with Gasteiger partial charge in [-0.15, -0.1) is 0 Å². The quantitative estimate of drug-likeness (QED) is 0.576. The van der Waals surface area contributed by atoms with E-state index in [1.54, 1.807) is 0 Å². The fourth-order valence-corrected chi connectivity index (χ4v) is 3.38. The van der Waals surface area contributed by atoms with Gasteiger partial charge in [0.25, 0.3) is 0 Å². The second-order valence-electron chi connectivity index (χ2n) is 6.07. The van der Waals surface area contributed by atoms with Crippen LogP contribution in [0.4, 0.5) is 11.4 Å². The zero-order chi connectivity index (χ0) is 14.2. The Morgan fingerprint density at radius 2 is 2.15 bits per heavy atom. The molecule has 1 heterocycles. The number of aliphatic imine (C=N–C) groups is 1. The molecule has 0 spiro atoms. The molecule has 3 heteroatoms. The summed E-state index contributed by atoms with van der Waals surface area (Å²) < 4.78 is 0. The van der Waals surface area contributed by atoms with Gasteiger partial charge in [-0.1, -0.05) is 38.1 Å². The molecule has 1 aromatic carbocycles. The summed E-state index contributed by atoms with van der Waals surface area (Å²) in [5.41, 5.74) is 3.69. The molecule has 2 nitrogen and oxygen atoms in total. The number of rotatable bonds is 2. The van der Waals surface area contributed by atoms with E-state index in [0.29, 0.717) is 5.92 Å². The van der Waals surface area contributed by atoms with E-state index in [0.717, 1.165) is 24.3 Å². The third-order valence-electron chi connectivity index (χ3n) is 4.29. The van der Waals surface area contributed by atoms with Gasteiger partial charge in [0.05, 0.1) is 16.5 Å². The zero-order valence-electron chi connectivity index (χ0n) is 11.8. The molecule has 0 aromatic heterocycles. The van der Waals surface area contributed by atoms with Gasteiger partial charge in [0.1, 0.15) is 0 Å². The van der Waals surface area contributed by atoms with E-state index in [9.17, 15) is 0 Å². The van der Waals surface area contributed by atoms with E-state index in [1.165, 1.54) is 5.70 Å². The van der Waals surface area contributed by atoms with Gasteiger partial charge in [-0.2, -0.15) is 4.99 Å². The third kappa shape index (κ3) is 2.13.